The Morgan fingerprint density at radius 1 is 1.03 bits per heavy atom. The molecule has 1 saturated heterocycles. The molecule has 0 aromatic carbocycles. The molecule has 1 aliphatic heterocycles. The average Bonchev–Trinajstić information content (AvgIpc) is 2.99. The molecule has 1 unspecified atom stereocenters. The zero-order valence-corrected chi connectivity index (χ0v) is 19.6. The Kier molecular flexibility index (Phi) is 8.35. The number of aromatic nitrogens is 1. The van der Waals surface area contributed by atoms with Crippen molar-refractivity contribution in [1.29, 1.82) is 0 Å². The van der Waals surface area contributed by atoms with Crippen molar-refractivity contribution < 1.29 is 31.4 Å². The molecule has 0 spiro atoms. The molecular formula is C24H33F6N3O. The van der Waals surface area contributed by atoms with E-state index < -0.39 is 41.5 Å². The van der Waals surface area contributed by atoms with Crippen molar-refractivity contribution in [3.63, 3.8) is 0 Å². The molecule has 1 aromatic rings. The molecule has 2 N–H and O–H groups in total. The van der Waals surface area contributed by atoms with Gasteiger partial charge in [-0.15, -0.1) is 0 Å². The summed E-state index contributed by atoms with van der Waals surface area (Å²) in [5, 5.41) is 13.0. The Hall–Kier alpha value is -1.65. The van der Waals surface area contributed by atoms with Gasteiger partial charge in [-0.25, -0.2) is 4.98 Å². The maximum Gasteiger partial charge on any atom is 0.433 e. The number of likely N-dealkylation sites (tertiary alicyclic amines) is 1. The van der Waals surface area contributed by atoms with Gasteiger partial charge in [0.05, 0.1) is 17.0 Å². The van der Waals surface area contributed by atoms with E-state index >= 15 is 0 Å². The van der Waals surface area contributed by atoms with E-state index in [1.807, 2.05) is 0 Å². The maximum absolute atomic E-state index is 13.5. The third-order valence-corrected chi connectivity index (χ3v) is 6.40. The zero-order valence-electron chi connectivity index (χ0n) is 19.6. The first-order chi connectivity index (χ1) is 15.8. The number of aliphatic hydroxyl groups is 1. The summed E-state index contributed by atoms with van der Waals surface area (Å²) in [5.41, 5.74) is -2.85. The predicted molar refractivity (Wildman–Crippen MR) is 118 cm³/mol. The highest BCUT2D eigenvalue weighted by Crippen LogP contribution is 2.32. The number of nitrogens with zero attached hydrogens (tertiary/aromatic N) is 2. The van der Waals surface area contributed by atoms with Gasteiger partial charge in [0.25, 0.3) is 0 Å². The van der Waals surface area contributed by atoms with E-state index in [9.17, 15) is 31.4 Å². The molecule has 0 amide bonds. The highest BCUT2D eigenvalue weighted by Gasteiger charge is 2.38. The van der Waals surface area contributed by atoms with E-state index in [0.29, 0.717) is 12.6 Å². The molecule has 2 heterocycles. The van der Waals surface area contributed by atoms with Crippen LogP contribution in [0.5, 0.6) is 0 Å². The Balaban J connectivity index is 1.80. The average molecular weight is 494 g/mol. The summed E-state index contributed by atoms with van der Waals surface area (Å²) >= 11 is 0. The van der Waals surface area contributed by atoms with Gasteiger partial charge in [0.15, 0.2) is 0 Å². The fourth-order valence-electron chi connectivity index (χ4n) is 4.81. The van der Waals surface area contributed by atoms with E-state index in [2.05, 4.69) is 29.0 Å². The molecule has 3 rings (SSSR count). The molecule has 1 atom stereocenters. The zero-order chi connectivity index (χ0) is 25.1. The van der Waals surface area contributed by atoms with Crippen LogP contribution < -0.4 is 15.9 Å². The molecule has 10 heteroatoms. The number of nitrogens with one attached hydrogen (secondary N) is 1. The number of rotatable bonds is 7. The fourth-order valence-corrected chi connectivity index (χ4v) is 4.81. The summed E-state index contributed by atoms with van der Waals surface area (Å²) in [7, 11) is 0. The number of hydrogen-bond donors (Lipinski definition) is 2. The van der Waals surface area contributed by atoms with Crippen LogP contribution in [-0.4, -0.2) is 53.9 Å². The minimum absolute atomic E-state index is 0.0188. The van der Waals surface area contributed by atoms with Crippen molar-refractivity contribution in [3.05, 3.63) is 27.9 Å². The van der Waals surface area contributed by atoms with Crippen molar-refractivity contribution in [2.75, 3.05) is 32.7 Å². The van der Waals surface area contributed by atoms with Crippen molar-refractivity contribution in [2.24, 2.45) is 5.41 Å². The minimum atomic E-state index is -4.93. The fraction of sp³-hybridized carbons (Fsp3) is 0.708. The summed E-state index contributed by atoms with van der Waals surface area (Å²) in [5.74, 6) is 0. The van der Waals surface area contributed by atoms with Crippen LogP contribution >= 0.6 is 0 Å². The second-order valence-electron chi connectivity index (χ2n) is 10.1. The van der Waals surface area contributed by atoms with Crippen molar-refractivity contribution in [3.8, 4) is 0 Å². The van der Waals surface area contributed by atoms with Crippen LogP contribution in [-0.2, 0) is 6.18 Å². The first kappa shape index (κ1) is 26.9. The molecule has 1 aliphatic carbocycles. The Morgan fingerprint density at radius 2 is 1.68 bits per heavy atom. The summed E-state index contributed by atoms with van der Waals surface area (Å²) in [6.07, 6.45) is -5.36. The van der Waals surface area contributed by atoms with Crippen LogP contribution in [0.15, 0.2) is 6.07 Å². The third-order valence-electron chi connectivity index (χ3n) is 6.40. The second-order valence-corrected chi connectivity index (χ2v) is 10.1. The third kappa shape index (κ3) is 6.95. The summed E-state index contributed by atoms with van der Waals surface area (Å²) in [6, 6.07) is 0.670. The molecule has 0 bridgehead atoms. The first-order valence-electron chi connectivity index (χ1n) is 11.8. The van der Waals surface area contributed by atoms with Crippen molar-refractivity contribution >= 4 is 11.6 Å². The van der Waals surface area contributed by atoms with Gasteiger partial charge in [0, 0.05) is 24.9 Å². The second kappa shape index (κ2) is 10.5. The Bertz CT molecular complexity index is 963. The standard InChI is InChI=1S/C24H33F6N3O/c1-22(2,15-33-10-5-3-4-6-11-33)14-31-13-19(34)17-12-20(24(28,29)30)32-21-16(17)8-7-9-18(21)23(25,26)27/h8,12,19,31,34H,3-7,9-11,13-15H2,1-2H3. The number of aliphatic hydroxyl groups excluding tert-OH is 1. The van der Waals surface area contributed by atoms with Gasteiger partial charge in [0.2, 0.25) is 0 Å². The monoisotopic (exact) mass is 493 g/mol. The van der Waals surface area contributed by atoms with Crippen molar-refractivity contribution in [1.82, 2.24) is 15.2 Å². The Morgan fingerprint density at radius 3 is 2.26 bits per heavy atom. The number of alkyl halides is 6. The lowest BCUT2D eigenvalue weighted by molar-refractivity contribution is -0.141. The smallest absolute Gasteiger partial charge is 0.387 e. The minimum Gasteiger partial charge on any atom is -0.387 e. The largest absolute Gasteiger partial charge is 0.433 e. The molecule has 192 valence electrons. The van der Waals surface area contributed by atoms with Gasteiger partial charge in [0.1, 0.15) is 5.69 Å². The van der Waals surface area contributed by atoms with Gasteiger partial charge in [-0.05, 0) is 55.8 Å². The summed E-state index contributed by atoms with van der Waals surface area (Å²) < 4.78 is 80.7. The molecule has 4 nitrogen and oxygen atoms in total. The van der Waals surface area contributed by atoms with E-state index in [1.165, 1.54) is 18.9 Å². The van der Waals surface area contributed by atoms with E-state index in [0.717, 1.165) is 32.5 Å². The van der Waals surface area contributed by atoms with Crippen LogP contribution in [0.2, 0.25) is 0 Å². The topological polar surface area (TPSA) is 48.4 Å². The van der Waals surface area contributed by atoms with Crippen LogP contribution in [0.4, 0.5) is 26.3 Å². The SMILES string of the molecule is CC(C)(CNCC(O)c1cc(C(F)(F)F)nc2c1=CCCC=2C(F)(F)F)CN1CCCCCC1. The van der Waals surface area contributed by atoms with Crippen LogP contribution in [0.1, 0.15) is 69.7 Å². The molecule has 1 aromatic heterocycles. The van der Waals surface area contributed by atoms with Gasteiger partial charge >= 0.3 is 12.4 Å². The first-order valence-corrected chi connectivity index (χ1v) is 11.8. The van der Waals surface area contributed by atoms with Crippen LogP contribution in [0.3, 0.4) is 0 Å². The lowest BCUT2D eigenvalue weighted by Crippen LogP contribution is -2.44. The highest BCUT2D eigenvalue weighted by atomic mass is 19.4. The predicted octanol–water partition coefficient (Wildman–Crippen LogP) is 3.91. The van der Waals surface area contributed by atoms with E-state index in [-0.39, 0.29) is 29.2 Å². The molecule has 0 saturated carbocycles. The number of fused-ring (bicyclic) bond motifs is 1. The van der Waals surface area contributed by atoms with Gasteiger partial charge in [-0.3, -0.25) is 0 Å². The lowest BCUT2D eigenvalue weighted by atomic mass is 9.92. The Labute approximate surface area is 195 Å². The van der Waals surface area contributed by atoms with E-state index in [4.69, 9.17) is 0 Å². The van der Waals surface area contributed by atoms with Crippen molar-refractivity contribution in [2.45, 2.75) is 70.8 Å². The summed E-state index contributed by atoms with van der Waals surface area (Å²) in [4.78, 5) is 5.72. The molecule has 0 radical (unpaired) electrons. The quantitative estimate of drug-likeness (QED) is 0.566. The van der Waals surface area contributed by atoms with Crippen LogP contribution in [0.25, 0.3) is 11.6 Å². The number of halogens is 6. The molecule has 1 fully saturated rings. The van der Waals surface area contributed by atoms with Gasteiger partial charge in [-0.1, -0.05) is 32.8 Å². The maximum atomic E-state index is 13.5. The number of pyridine rings is 1. The summed E-state index contributed by atoms with van der Waals surface area (Å²) in [6.45, 7) is 7.48. The lowest BCUT2D eigenvalue weighted by Gasteiger charge is -2.32. The molecule has 34 heavy (non-hydrogen) atoms. The van der Waals surface area contributed by atoms with Crippen LogP contribution in [0, 0.1) is 5.41 Å². The van der Waals surface area contributed by atoms with Gasteiger partial charge < -0.3 is 15.3 Å². The molecular weight excluding hydrogens is 460 g/mol. The normalized spacial score (nSPS) is 19.4. The number of hydrogen-bond acceptors (Lipinski definition) is 4. The highest BCUT2D eigenvalue weighted by molar-refractivity contribution is 5.55. The van der Waals surface area contributed by atoms with Gasteiger partial charge in [-0.2, -0.15) is 26.3 Å². The van der Waals surface area contributed by atoms with E-state index in [1.54, 1.807) is 0 Å². The molecule has 2 aliphatic rings.